The molecule has 0 atom stereocenters. The zero-order valence-electron chi connectivity index (χ0n) is 11.8. The van der Waals surface area contributed by atoms with Crippen LogP contribution in [0.25, 0.3) is 0 Å². The Balaban J connectivity index is 2.61. The van der Waals surface area contributed by atoms with Crippen LogP contribution in [0.1, 0.15) is 24.8 Å². The molecule has 0 unspecified atom stereocenters. The maximum atomic E-state index is 12.1. The molecule has 0 radical (unpaired) electrons. The number of sulfonamides is 1. The van der Waals surface area contributed by atoms with Crippen molar-refractivity contribution in [2.75, 3.05) is 24.3 Å². The number of nitrogen functional groups attached to an aromatic ring is 1. The van der Waals surface area contributed by atoms with Crippen LogP contribution in [0.3, 0.4) is 0 Å². The molecule has 0 saturated carbocycles. The van der Waals surface area contributed by atoms with Crippen LogP contribution in [0.2, 0.25) is 5.02 Å². The number of unbranched alkanes of at least 4 members (excludes halogenated alkanes) is 2. The highest BCUT2D eigenvalue weighted by Gasteiger charge is 2.16. The summed E-state index contributed by atoms with van der Waals surface area (Å²) in [4.78, 5) is 0.120. The predicted octanol–water partition coefficient (Wildman–Crippen LogP) is 3.04. The standard InChI is InChI=1S/C13H21ClN2O2S2/c1-10-12(14)8-11(9-13(10)15)20(17,18)16-6-4-3-5-7-19-2/h8-9,16H,3-7,15H2,1-2H3. The molecular weight excluding hydrogens is 316 g/mol. The lowest BCUT2D eigenvalue weighted by molar-refractivity contribution is 0.576. The van der Waals surface area contributed by atoms with Crippen molar-refractivity contribution in [2.45, 2.75) is 31.1 Å². The third-order valence-corrected chi connectivity index (χ3v) is 5.52. The van der Waals surface area contributed by atoms with Crippen molar-refractivity contribution in [2.24, 2.45) is 0 Å². The lowest BCUT2D eigenvalue weighted by Crippen LogP contribution is -2.25. The first kappa shape index (κ1) is 17.6. The quantitative estimate of drug-likeness (QED) is 0.565. The molecule has 1 aromatic carbocycles. The van der Waals surface area contributed by atoms with Crippen molar-refractivity contribution < 1.29 is 8.42 Å². The van der Waals surface area contributed by atoms with E-state index >= 15 is 0 Å². The minimum absolute atomic E-state index is 0.120. The van der Waals surface area contributed by atoms with E-state index in [9.17, 15) is 8.42 Å². The van der Waals surface area contributed by atoms with Crippen LogP contribution in [0.5, 0.6) is 0 Å². The maximum Gasteiger partial charge on any atom is 0.240 e. The number of halogens is 1. The summed E-state index contributed by atoms with van der Waals surface area (Å²) in [7, 11) is -3.53. The van der Waals surface area contributed by atoms with E-state index in [1.807, 2.05) is 0 Å². The molecular formula is C13H21ClN2O2S2. The van der Waals surface area contributed by atoms with Gasteiger partial charge in [0.2, 0.25) is 10.0 Å². The first-order valence-electron chi connectivity index (χ1n) is 6.42. The molecule has 0 saturated heterocycles. The zero-order valence-corrected chi connectivity index (χ0v) is 14.2. The Labute approximate surface area is 130 Å². The molecule has 0 aliphatic rings. The summed E-state index contributed by atoms with van der Waals surface area (Å²) in [5.41, 5.74) is 6.83. The highest BCUT2D eigenvalue weighted by Crippen LogP contribution is 2.25. The Kier molecular flexibility index (Phi) is 7.15. The zero-order chi connectivity index (χ0) is 15.2. The smallest absolute Gasteiger partial charge is 0.240 e. The highest BCUT2D eigenvalue weighted by atomic mass is 35.5. The molecule has 20 heavy (non-hydrogen) atoms. The third kappa shape index (κ3) is 5.16. The second-order valence-electron chi connectivity index (χ2n) is 4.57. The minimum atomic E-state index is -3.53. The summed E-state index contributed by atoms with van der Waals surface area (Å²) in [6.45, 7) is 2.19. The normalized spacial score (nSPS) is 11.8. The maximum absolute atomic E-state index is 12.1. The predicted molar refractivity (Wildman–Crippen MR) is 88.0 cm³/mol. The van der Waals surface area contributed by atoms with Crippen molar-refractivity contribution in [3.8, 4) is 0 Å². The molecule has 0 bridgehead atoms. The number of rotatable bonds is 8. The van der Waals surface area contributed by atoms with E-state index in [1.54, 1.807) is 18.7 Å². The van der Waals surface area contributed by atoms with Crippen LogP contribution >= 0.6 is 23.4 Å². The molecule has 0 amide bonds. The van der Waals surface area contributed by atoms with E-state index in [-0.39, 0.29) is 4.90 Å². The van der Waals surface area contributed by atoms with Gasteiger partial charge in [-0.3, -0.25) is 0 Å². The Morgan fingerprint density at radius 2 is 2.00 bits per heavy atom. The van der Waals surface area contributed by atoms with Gasteiger partial charge in [0.1, 0.15) is 0 Å². The van der Waals surface area contributed by atoms with Gasteiger partial charge in [0.05, 0.1) is 4.90 Å². The van der Waals surface area contributed by atoms with Gasteiger partial charge in [-0.25, -0.2) is 13.1 Å². The summed E-state index contributed by atoms with van der Waals surface area (Å²) in [6.07, 6.45) is 5.01. The van der Waals surface area contributed by atoms with Gasteiger partial charge in [-0.05, 0) is 49.5 Å². The molecule has 114 valence electrons. The van der Waals surface area contributed by atoms with Crippen molar-refractivity contribution in [1.29, 1.82) is 0 Å². The molecule has 0 aliphatic heterocycles. The summed E-state index contributed by atoms with van der Waals surface area (Å²) >= 11 is 7.77. The van der Waals surface area contributed by atoms with Crippen molar-refractivity contribution in [1.82, 2.24) is 4.72 Å². The number of thioether (sulfide) groups is 1. The molecule has 1 aromatic rings. The lowest BCUT2D eigenvalue weighted by Gasteiger charge is -2.10. The summed E-state index contributed by atoms with van der Waals surface area (Å²) < 4.78 is 26.8. The molecule has 4 nitrogen and oxygen atoms in total. The van der Waals surface area contributed by atoms with Crippen LogP contribution in [0.15, 0.2) is 17.0 Å². The van der Waals surface area contributed by atoms with Gasteiger partial charge in [0.25, 0.3) is 0 Å². The van der Waals surface area contributed by atoms with Gasteiger partial charge in [0, 0.05) is 17.3 Å². The van der Waals surface area contributed by atoms with E-state index in [2.05, 4.69) is 11.0 Å². The van der Waals surface area contributed by atoms with Crippen molar-refractivity contribution >= 4 is 39.1 Å². The highest BCUT2D eigenvalue weighted by molar-refractivity contribution is 7.98. The third-order valence-electron chi connectivity index (χ3n) is 2.99. The molecule has 0 aromatic heterocycles. The lowest BCUT2D eigenvalue weighted by atomic mass is 10.2. The summed E-state index contributed by atoms with van der Waals surface area (Å²) in [5, 5.41) is 0.366. The summed E-state index contributed by atoms with van der Waals surface area (Å²) in [6, 6.07) is 2.88. The number of benzene rings is 1. The van der Waals surface area contributed by atoms with Gasteiger partial charge in [0.15, 0.2) is 0 Å². The number of nitrogens with one attached hydrogen (secondary N) is 1. The SMILES string of the molecule is CSCCCCCNS(=O)(=O)c1cc(N)c(C)c(Cl)c1. The van der Waals surface area contributed by atoms with E-state index < -0.39 is 10.0 Å². The molecule has 0 spiro atoms. The van der Waals surface area contributed by atoms with E-state index in [4.69, 9.17) is 17.3 Å². The Hall–Kier alpha value is -0.430. The Bertz CT molecular complexity index is 524. The molecule has 1 rings (SSSR count). The van der Waals surface area contributed by atoms with E-state index in [0.29, 0.717) is 22.8 Å². The first-order chi connectivity index (χ1) is 9.38. The number of hydrogen-bond donors (Lipinski definition) is 2. The Morgan fingerprint density at radius 1 is 1.30 bits per heavy atom. The monoisotopic (exact) mass is 336 g/mol. The fourth-order valence-corrected chi connectivity index (χ4v) is 3.59. The molecule has 0 aliphatic carbocycles. The molecule has 7 heteroatoms. The van der Waals surface area contributed by atoms with Crippen LogP contribution in [-0.2, 0) is 10.0 Å². The van der Waals surface area contributed by atoms with E-state index in [1.165, 1.54) is 12.1 Å². The first-order valence-corrected chi connectivity index (χ1v) is 9.68. The fraction of sp³-hybridized carbons (Fsp3) is 0.538. The van der Waals surface area contributed by atoms with Crippen LogP contribution in [0, 0.1) is 6.92 Å². The average Bonchev–Trinajstić information content (AvgIpc) is 2.39. The topological polar surface area (TPSA) is 72.2 Å². The number of hydrogen-bond acceptors (Lipinski definition) is 4. The summed E-state index contributed by atoms with van der Waals surface area (Å²) in [5.74, 6) is 1.11. The van der Waals surface area contributed by atoms with Gasteiger partial charge in [-0.15, -0.1) is 0 Å². The largest absolute Gasteiger partial charge is 0.398 e. The fourth-order valence-electron chi connectivity index (χ4n) is 1.67. The van der Waals surface area contributed by atoms with Crippen molar-refractivity contribution in [3.05, 3.63) is 22.7 Å². The second-order valence-corrected chi connectivity index (χ2v) is 7.73. The van der Waals surface area contributed by atoms with E-state index in [0.717, 1.165) is 25.0 Å². The molecule has 0 fully saturated rings. The number of anilines is 1. The Morgan fingerprint density at radius 3 is 2.60 bits per heavy atom. The van der Waals surface area contributed by atoms with Crippen molar-refractivity contribution in [3.63, 3.8) is 0 Å². The number of nitrogens with two attached hydrogens (primary N) is 1. The average molecular weight is 337 g/mol. The van der Waals surface area contributed by atoms with Crippen LogP contribution in [-0.4, -0.2) is 27.0 Å². The van der Waals surface area contributed by atoms with Crippen LogP contribution in [0.4, 0.5) is 5.69 Å². The van der Waals surface area contributed by atoms with Gasteiger partial charge >= 0.3 is 0 Å². The molecule has 0 heterocycles. The van der Waals surface area contributed by atoms with Crippen LogP contribution < -0.4 is 10.5 Å². The van der Waals surface area contributed by atoms with Gasteiger partial charge in [-0.2, -0.15) is 11.8 Å². The molecule has 3 N–H and O–H groups in total. The van der Waals surface area contributed by atoms with Gasteiger partial charge in [-0.1, -0.05) is 18.0 Å². The second kappa shape index (κ2) is 8.12. The van der Waals surface area contributed by atoms with Gasteiger partial charge < -0.3 is 5.73 Å². The minimum Gasteiger partial charge on any atom is -0.398 e.